The number of hydrogen-bond donors (Lipinski definition) is 0. The van der Waals surface area contributed by atoms with Gasteiger partial charge in [0.2, 0.25) is 0 Å². The Morgan fingerprint density at radius 2 is 1.91 bits per heavy atom. The van der Waals surface area contributed by atoms with Crippen LogP contribution in [-0.2, 0) is 11.8 Å². The Bertz CT molecular complexity index is 714. The Hall–Kier alpha value is -2.89. The lowest BCUT2D eigenvalue weighted by Gasteiger charge is -2.01. The van der Waals surface area contributed by atoms with E-state index < -0.39 is 4.92 Å². The summed E-state index contributed by atoms with van der Waals surface area (Å²) in [4.78, 5) is 21.9. The van der Waals surface area contributed by atoms with Crippen molar-refractivity contribution in [2.45, 2.75) is 6.92 Å². The summed E-state index contributed by atoms with van der Waals surface area (Å²) in [6.07, 6.45) is 5.48. The number of nitro benzene ring substituents is 1. The maximum Gasteiger partial charge on any atom is 0.354 e. The first-order valence-corrected chi connectivity index (χ1v) is 6.77. The van der Waals surface area contributed by atoms with Crippen LogP contribution < -0.4 is 0 Å². The zero-order valence-electron chi connectivity index (χ0n) is 12.4. The number of carbonyl (C=O) groups excluding carboxylic acids is 1. The van der Waals surface area contributed by atoms with E-state index in [0.717, 1.165) is 11.1 Å². The summed E-state index contributed by atoms with van der Waals surface area (Å²) >= 11 is 0. The van der Waals surface area contributed by atoms with Crippen LogP contribution in [-0.4, -0.2) is 22.1 Å². The van der Waals surface area contributed by atoms with Gasteiger partial charge in [0, 0.05) is 25.4 Å². The zero-order chi connectivity index (χ0) is 16.1. The van der Waals surface area contributed by atoms with E-state index in [0.29, 0.717) is 12.3 Å². The number of aromatic nitrogens is 1. The molecule has 0 N–H and O–H groups in total. The van der Waals surface area contributed by atoms with Crippen molar-refractivity contribution in [2.75, 3.05) is 6.61 Å². The number of rotatable bonds is 5. The van der Waals surface area contributed by atoms with Crippen LogP contribution in [0.3, 0.4) is 0 Å². The number of esters is 1. The van der Waals surface area contributed by atoms with Gasteiger partial charge in [-0.15, -0.1) is 0 Å². The molecule has 114 valence electrons. The van der Waals surface area contributed by atoms with Crippen LogP contribution in [0.1, 0.15) is 28.5 Å². The number of benzene rings is 1. The standard InChI is InChI=1S/C16H16N2O4/c1-3-22-16(19)15-10-13(11-17(15)2)5-4-12-6-8-14(9-7-12)18(20)21/h4-11H,3H2,1-2H3. The summed E-state index contributed by atoms with van der Waals surface area (Å²) < 4.78 is 6.67. The Balaban J connectivity index is 2.15. The number of carbonyl (C=O) groups is 1. The summed E-state index contributed by atoms with van der Waals surface area (Å²) in [7, 11) is 1.77. The zero-order valence-corrected chi connectivity index (χ0v) is 12.4. The van der Waals surface area contributed by atoms with Gasteiger partial charge in [0.15, 0.2) is 0 Å². The van der Waals surface area contributed by atoms with Crippen LogP contribution in [0.15, 0.2) is 36.5 Å². The lowest BCUT2D eigenvalue weighted by molar-refractivity contribution is -0.384. The van der Waals surface area contributed by atoms with Crippen LogP contribution >= 0.6 is 0 Å². The van der Waals surface area contributed by atoms with Crippen molar-refractivity contribution in [3.8, 4) is 0 Å². The third-order valence-electron chi connectivity index (χ3n) is 3.08. The van der Waals surface area contributed by atoms with Gasteiger partial charge in [-0.3, -0.25) is 10.1 Å². The average molecular weight is 300 g/mol. The molecule has 0 amide bonds. The van der Waals surface area contributed by atoms with E-state index in [1.165, 1.54) is 12.1 Å². The average Bonchev–Trinajstić information content (AvgIpc) is 2.87. The lowest BCUT2D eigenvalue weighted by Crippen LogP contribution is -2.08. The molecule has 6 nitrogen and oxygen atoms in total. The third kappa shape index (κ3) is 3.60. The van der Waals surface area contributed by atoms with Gasteiger partial charge in [0.05, 0.1) is 11.5 Å². The molecule has 0 aliphatic heterocycles. The molecular weight excluding hydrogens is 284 g/mol. The fourth-order valence-corrected chi connectivity index (χ4v) is 1.99. The van der Waals surface area contributed by atoms with E-state index >= 15 is 0 Å². The summed E-state index contributed by atoms with van der Waals surface area (Å²) in [6, 6.07) is 7.98. The molecule has 0 fully saturated rings. The number of aryl methyl sites for hydroxylation is 1. The molecule has 0 bridgehead atoms. The topological polar surface area (TPSA) is 74.4 Å². The van der Waals surface area contributed by atoms with E-state index in [9.17, 15) is 14.9 Å². The Kier molecular flexibility index (Phi) is 4.73. The van der Waals surface area contributed by atoms with E-state index in [1.807, 2.05) is 18.3 Å². The largest absolute Gasteiger partial charge is 0.461 e. The number of nitrogens with zero attached hydrogens (tertiary/aromatic N) is 2. The van der Waals surface area contributed by atoms with Crippen LogP contribution in [0.25, 0.3) is 12.2 Å². The highest BCUT2D eigenvalue weighted by Crippen LogP contribution is 2.16. The predicted molar refractivity (Wildman–Crippen MR) is 83.4 cm³/mol. The highest BCUT2D eigenvalue weighted by Gasteiger charge is 2.11. The first kappa shape index (κ1) is 15.5. The SMILES string of the molecule is CCOC(=O)c1cc(C=Cc2ccc([N+](=O)[O-])cc2)cn1C. The second-order valence-electron chi connectivity index (χ2n) is 4.67. The monoisotopic (exact) mass is 300 g/mol. The van der Waals surface area contributed by atoms with E-state index in [-0.39, 0.29) is 11.7 Å². The molecule has 0 aliphatic carbocycles. The van der Waals surface area contributed by atoms with Crippen LogP contribution in [0, 0.1) is 10.1 Å². The van der Waals surface area contributed by atoms with Crippen molar-refractivity contribution >= 4 is 23.8 Å². The van der Waals surface area contributed by atoms with Crippen LogP contribution in [0.4, 0.5) is 5.69 Å². The number of hydrogen-bond acceptors (Lipinski definition) is 4. The van der Waals surface area contributed by atoms with Crippen molar-refractivity contribution in [3.63, 3.8) is 0 Å². The highest BCUT2D eigenvalue weighted by molar-refractivity contribution is 5.89. The quantitative estimate of drug-likeness (QED) is 0.482. The van der Waals surface area contributed by atoms with Gasteiger partial charge in [-0.25, -0.2) is 4.79 Å². The van der Waals surface area contributed by atoms with Gasteiger partial charge < -0.3 is 9.30 Å². The molecule has 22 heavy (non-hydrogen) atoms. The molecule has 1 aromatic carbocycles. The molecule has 1 heterocycles. The second-order valence-corrected chi connectivity index (χ2v) is 4.67. The van der Waals surface area contributed by atoms with Crippen LogP contribution in [0.2, 0.25) is 0 Å². The van der Waals surface area contributed by atoms with Crippen molar-refractivity contribution in [1.82, 2.24) is 4.57 Å². The molecule has 0 aliphatic rings. The van der Waals surface area contributed by atoms with Gasteiger partial charge in [0.1, 0.15) is 5.69 Å². The van der Waals surface area contributed by atoms with Gasteiger partial charge in [-0.05, 0) is 36.2 Å². The fourth-order valence-electron chi connectivity index (χ4n) is 1.99. The number of nitro groups is 1. The molecule has 0 spiro atoms. The number of non-ortho nitro benzene ring substituents is 1. The molecule has 2 rings (SSSR count). The Morgan fingerprint density at radius 3 is 2.50 bits per heavy atom. The minimum Gasteiger partial charge on any atom is -0.461 e. The molecule has 0 radical (unpaired) electrons. The molecule has 0 saturated carbocycles. The molecular formula is C16H16N2O4. The predicted octanol–water partition coefficient (Wildman–Crippen LogP) is 3.28. The Labute approximate surface area is 127 Å². The van der Waals surface area contributed by atoms with Gasteiger partial charge in [-0.1, -0.05) is 12.2 Å². The second kappa shape index (κ2) is 6.71. The van der Waals surface area contributed by atoms with Crippen molar-refractivity contribution in [3.05, 3.63) is 63.5 Å². The molecule has 1 aromatic heterocycles. The van der Waals surface area contributed by atoms with E-state index in [2.05, 4.69) is 0 Å². The minimum atomic E-state index is -0.434. The third-order valence-corrected chi connectivity index (χ3v) is 3.08. The minimum absolute atomic E-state index is 0.0569. The van der Waals surface area contributed by atoms with Crippen molar-refractivity contribution in [2.24, 2.45) is 7.05 Å². The van der Waals surface area contributed by atoms with Crippen molar-refractivity contribution in [1.29, 1.82) is 0 Å². The molecule has 0 saturated heterocycles. The normalized spacial score (nSPS) is 10.8. The highest BCUT2D eigenvalue weighted by atomic mass is 16.6. The maximum atomic E-state index is 11.7. The summed E-state index contributed by atoms with van der Waals surface area (Å²) in [5.74, 6) is -0.361. The van der Waals surface area contributed by atoms with E-state index in [4.69, 9.17) is 4.74 Å². The number of ether oxygens (including phenoxy) is 1. The molecule has 0 unspecified atom stereocenters. The smallest absolute Gasteiger partial charge is 0.354 e. The first-order chi connectivity index (χ1) is 10.5. The maximum absolute atomic E-state index is 11.7. The van der Waals surface area contributed by atoms with Gasteiger partial charge in [-0.2, -0.15) is 0 Å². The van der Waals surface area contributed by atoms with Crippen LogP contribution in [0.5, 0.6) is 0 Å². The first-order valence-electron chi connectivity index (χ1n) is 6.77. The summed E-state index contributed by atoms with van der Waals surface area (Å²) in [5, 5.41) is 10.6. The fraction of sp³-hybridized carbons (Fsp3) is 0.188. The van der Waals surface area contributed by atoms with Gasteiger partial charge in [0.25, 0.3) is 5.69 Å². The summed E-state index contributed by atoms with van der Waals surface area (Å²) in [5.41, 5.74) is 2.22. The molecule has 6 heteroatoms. The van der Waals surface area contributed by atoms with Gasteiger partial charge >= 0.3 is 5.97 Å². The molecule has 2 aromatic rings. The summed E-state index contributed by atoms with van der Waals surface area (Å²) in [6.45, 7) is 2.09. The Morgan fingerprint density at radius 1 is 1.27 bits per heavy atom. The lowest BCUT2D eigenvalue weighted by atomic mass is 10.1. The van der Waals surface area contributed by atoms with Crippen molar-refractivity contribution < 1.29 is 14.5 Å². The van der Waals surface area contributed by atoms with E-state index in [1.54, 1.807) is 36.7 Å². The molecule has 0 atom stereocenters.